The van der Waals surface area contributed by atoms with Gasteiger partial charge in [0, 0.05) is 17.5 Å². The summed E-state index contributed by atoms with van der Waals surface area (Å²) in [5, 5.41) is 0. The average molecular weight is 440 g/mol. The normalized spacial score (nSPS) is 10.8. The molecule has 1 aromatic heterocycles. The van der Waals surface area contributed by atoms with Crippen molar-refractivity contribution in [2.24, 2.45) is 0 Å². The van der Waals surface area contributed by atoms with Gasteiger partial charge in [-0.15, -0.1) is 11.3 Å². The molecule has 2 rings (SSSR count). The minimum Gasteiger partial charge on any atom is -0.493 e. The number of rotatable bonds is 8. The van der Waals surface area contributed by atoms with Crippen molar-refractivity contribution in [2.45, 2.75) is 13.5 Å². The molecule has 0 spiro atoms. The number of thiophene rings is 1. The molecule has 1 amide bonds. The van der Waals surface area contributed by atoms with Gasteiger partial charge in [-0.25, -0.2) is 0 Å². The molecular weight excluding hydrogens is 418 g/mol. The molecule has 0 N–H and O–H groups in total. The fourth-order valence-corrected chi connectivity index (χ4v) is 3.94. The Hall–Kier alpha value is -1.99. The summed E-state index contributed by atoms with van der Waals surface area (Å²) in [7, 11) is 4.68. The lowest BCUT2D eigenvalue weighted by Gasteiger charge is -2.18. The highest BCUT2D eigenvalue weighted by Crippen LogP contribution is 2.38. The zero-order valence-electron chi connectivity index (χ0n) is 15.2. The summed E-state index contributed by atoms with van der Waals surface area (Å²) >= 11 is 5.08. The molecule has 26 heavy (non-hydrogen) atoms. The van der Waals surface area contributed by atoms with Crippen LogP contribution in [0.5, 0.6) is 17.2 Å². The van der Waals surface area contributed by atoms with E-state index in [1.807, 2.05) is 19.1 Å². The van der Waals surface area contributed by atoms with Crippen LogP contribution in [0.25, 0.3) is 6.08 Å². The summed E-state index contributed by atoms with van der Waals surface area (Å²) in [5.41, 5.74) is 0.794. The lowest BCUT2D eigenvalue weighted by atomic mass is 10.1. The first-order valence-electron chi connectivity index (χ1n) is 8.03. The predicted molar refractivity (Wildman–Crippen MR) is 108 cm³/mol. The number of likely N-dealkylation sites (N-methyl/N-ethyl adjacent to an activating group) is 1. The Morgan fingerprint density at radius 3 is 2.27 bits per heavy atom. The highest BCUT2D eigenvalue weighted by molar-refractivity contribution is 9.11. The number of carbonyl (C=O) groups is 1. The average Bonchev–Trinajstić information content (AvgIpc) is 3.07. The quantitative estimate of drug-likeness (QED) is 0.563. The molecule has 1 heterocycles. The lowest BCUT2D eigenvalue weighted by molar-refractivity contribution is -0.126. The van der Waals surface area contributed by atoms with Gasteiger partial charge >= 0.3 is 0 Å². The summed E-state index contributed by atoms with van der Waals surface area (Å²) < 4.78 is 17.0. The van der Waals surface area contributed by atoms with Crippen molar-refractivity contribution in [1.82, 2.24) is 4.90 Å². The van der Waals surface area contributed by atoms with E-state index in [1.165, 1.54) is 0 Å². The molecule has 1 aromatic carbocycles. The van der Waals surface area contributed by atoms with Gasteiger partial charge in [0.1, 0.15) is 0 Å². The third-order valence-corrected chi connectivity index (χ3v) is 5.38. The van der Waals surface area contributed by atoms with Crippen LogP contribution in [0.15, 0.2) is 34.1 Å². The lowest BCUT2D eigenvalue weighted by Crippen LogP contribution is -2.28. The van der Waals surface area contributed by atoms with Gasteiger partial charge in [0.15, 0.2) is 11.5 Å². The molecule has 140 valence electrons. The van der Waals surface area contributed by atoms with Crippen molar-refractivity contribution in [2.75, 3.05) is 27.9 Å². The van der Waals surface area contributed by atoms with Crippen LogP contribution in [0.2, 0.25) is 0 Å². The second-order valence-electron chi connectivity index (χ2n) is 5.35. The van der Waals surface area contributed by atoms with Gasteiger partial charge in [-0.2, -0.15) is 0 Å². The van der Waals surface area contributed by atoms with Gasteiger partial charge in [-0.3, -0.25) is 4.79 Å². The highest BCUT2D eigenvalue weighted by Gasteiger charge is 2.13. The van der Waals surface area contributed by atoms with Crippen molar-refractivity contribution in [3.05, 3.63) is 44.6 Å². The van der Waals surface area contributed by atoms with Crippen molar-refractivity contribution >= 4 is 39.2 Å². The minimum absolute atomic E-state index is 0.0502. The van der Waals surface area contributed by atoms with Gasteiger partial charge < -0.3 is 19.1 Å². The second kappa shape index (κ2) is 9.64. The number of benzene rings is 1. The van der Waals surface area contributed by atoms with Gasteiger partial charge in [0.25, 0.3) is 0 Å². The molecular formula is C19H22BrNO4S. The zero-order valence-corrected chi connectivity index (χ0v) is 17.6. The molecule has 0 aliphatic carbocycles. The summed E-state index contributed by atoms with van der Waals surface area (Å²) in [6, 6.07) is 7.62. The number of halogens is 1. The Balaban J connectivity index is 2.17. The summed E-state index contributed by atoms with van der Waals surface area (Å²) in [6.07, 6.45) is 3.31. The van der Waals surface area contributed by atoms with Crippen LogP contribution in [0.4, 0.5) is 0 Å². The standard InChI is InChI=1S/C19H22BrNO4S/c1-5-21(12-14-7-8-17(20)26-14)18(22)9-6-13-10-15(23-2)19(25-4)16(11-13)24-3/h6-11H,5,12H2,1-4H3. The summed E-state index contributed by atoms with van der Waals surface area (Å²) in [4.78, 5) is 15.5. The van der Waals surface area contributed by atoms with E-state index in [1.54, 1.807) is 61.9 Å². The molecule has 0 fully saturated rings. The molecule has 0 atom stereocenters. The Bertz CT molecular complexity index is 763. The smallest absolute Gasteiger partial charge is 0.246 e. The molecule has 7 heteroatoms. The van der Waals surface area contributed by atoms with Gasteiger partial charge in [-0.1, -0.05) is 0 Å². The van der Waals surface area contributed by atoms with Crippen molar-refractivity contribution in [3.8, 4) is 17.2 Å². The highest BCUT2D eigenvalue weighted by atomic mass is 79.9. The first kappa shape index (κ1) is 20.3. The summed E-state index contributed by atoms with van der Waals surface area (Å²) in [5.74, 6) is 1.58. The van der Waals surface area contributed by atoms with E-state index in [0.717, 1.165) is 14.2 Å². The number of hydrogen-bond acceptors (Lipinski definition) is 5. The molecule has 0 unspecified atom stereocenters. The Morgan fingerprint density at radius 2 is 1.81 bits per heavy atom. The molecule has 0 radical (unpaired) electrons. The maximum atomic E-state index is 12.5. The van der Waals surface area contributed by atoms with Crippen LogP contribution in [0.3, 0.4) is 0 Å². The number of ether oxygens (including phenoxy) is 3. The van der Waals surface area contributed by atoms with E-state index in [2.05, 4.69) is 15.9 Å². The van der Waals surface area contributed by atoms with Crippen LogP contribution in [-0.4, -0.2) is 38.7 Å². The maximum absolute atomic E-state index is 12.5. The predicted octanol–water partition coefficient (Wildman–Crippen LogP) is 4.60. The SMILES string of the molecule is CCN(Cc1ccc(Br)s1)C(=O)C=Cc1cc(OC)c(OC)c(OC)c1. The number of nitrogens with zero attached hydrogens (tertiary/aromatic N) is 1. The van der Waals surface area contributed by atoms with E-state index < -0.39 is 0 Å². The fraction of sp³-hybridized carbons (Fsp3) is 0.316. The third kappa shape index (κ3) is 5.02. The molecule has 0 aliphatic heterocycles. The Labute approximate surface area is 166 Å². The molecule has 0 saturated heterocycles. The topological polar surface area (TPSA) is 48.0 Å². The molecule has 5 nitrogen and oxygen atoms in total. The van der Waals surface area contributed by atoms with Crippen LogP contribution in [0, 0.1) is 0 Å². The number of methoxy groups -OCH3 is 3. The minimum atomic E-state index is -0.0502. The number of amides is 1. The Kier molecular flexibility index (Phi) is 7.53. The second-order valence-corrected chi connectivity index (χ2v) is 7.90. The third-order valence-electron chi connectivity index (χ3n) is 3.77. The molecule has 2 aromatic rings. The van der Waals surface area contributed by atoms with E-state index in [-0.39, 0.29) is 5.91 Å². The van der Waals surface area contributed by atoms with Gasteiger partial charge in [-0.05, 0) is 58.8 Å². The monoisotopic (exact) mass is 439 g/mol. The molecule has 0 bridgehead atoms. The number of hydrogen-bond donors (Lipinski definition) is 0. The van der Waals surface area contributed by atoms with Crippen molar-refractivity contribution < 1.29 is 19.0 Å². The van der Waals surface area contributed by atoms with Crippen LogP contribution >= 0.6 is 27.3 Å². The van der Waals surface area contributed by atoms with Gasteiger partial charge in [0.2, 0.25) is 11.7 Å². The van der Waals surface area contributed by atoms with E-state index >= 15 is 0 Å². The van der Waals surface area contributed by atoms with E-state index in [4.69, 9.17) is 14.2 Å². The fourth-order valence-electron chi connectivity index (χ4n) is 2.44. The summed E-state index contributed by atoms with van der Waals surface area (Å²) in [6.45, 7) is 3.19. The molecule has 0 saturated carbocycles. The molecule has 0 aliphatic rings. The van der Waals surface area contributed by atoms with E-state index in [0.29, 0.717) is 30.3 Å². The van der Waals surface area contributed by atoms with Crippen molar-refractivity contribution in [1.29, 1.82) is 0 Å². The maximum Gasteiger partial charge on any atom is 0.246 e. The largest absolute Gasteiger partial charge is 0.493 e. The first-order valence-corrected chi connectivity index (χ1v) is 9.64. The van der Waals surface area contributed by atoms with Crippen LogP contribution in [0.1, 0.15) is 17.4 Å². The number of carbonyl (C=O) groups excluding carboxylic acids is 1. The van der Waals surface area contributed by atoms with Crippen molar-refractivity contribution in [3.63, 3.8) is 0 Å². The van der Waals surface area contributed by atoms with E-state index in [9.17, 15) is 4.79 Å². The Morgan fingerprint density at radius 1 is 1.15 bits per heavy atom. The van der Waals surface area contributed by atoms with Gasteiger partial charge in [0.05, 0.1) is 31.7 Å². The first-order chi connectivity index (χ1) is 12.5. The van der Waals surface area contributed by atoms with Crippen LogP contribution < -0.4 is 14.2 Å². The zero-order chi connectivity index (χ0) is 19.1. The van der Waals surface area contributed by atoms with Crippen LogP contribution in [-0.2, 0) is 11.3 Å².